The number of hydrogen-bond acceptors (Lipinski definition) is 6. The number of amides is 1. The van der Waals surface area contributed by atoms with E-state index in [0.717, 1.165) is 0 Å². The first-order valence-electron chi connectivity index (χ1n) is 8.90. The summed E-state index contributed by atoms with van der Waals surface area (Å²) >= 11 is 0. The summed E-state index contributed by atoms with van der Waals surface area (Å²) in [5.74, 6) is 0.140. The lowest BCUT2D eigenvalue weighted by Gasteiger charge is -2.15. The summed E-state index contributed by atoms with van der Waals surface area (Å²) in [6.45, 7) is 1.49. The Balaban J connectivity index is 1.65. The van der Waals surface area contributed by atoms with Crippen LogP contribution in [0.3, 0.4) is 0 Å². The predicted octanol–water partition coefficient (Wildman–Crippen LogP) is 4.07. The molecule has 0 aliphatic rings. The van der Waals surface area contributed by atoms with Gasteiger partial charge in [0.05, 0.1) is 7.11 Å². The first-order chi connectivity index (χ1) is 14.1. The van der Waals surface area contributed by atoms with Crippen LogP contribution in [0, 0.1) is 0 Å². The van der Waals surface area contributed by atoms with E-state index in [4.69, 9.17) is 14.2 Å². The number of aromatic nitrogens is 1. The van der Waals surface area contributed by atoms with Crippen LogP contribution in [0.1, 0.15) is 17.3 Å². The highest BCUT2D eigenvalue weighted by Gasteiger charge is 2.22. The lowest BCUT2D eigenvalue weighted by Crippen LogP contribution is -2.30. The van der Waals surface area contributed by atoms with Gasteiger partial charge >= 0.3 is 5.97 Å². The third kappa shape index (κ3) is 5.32. The fourth-order valence-electron chi connectivity index (χ4n) is 2.42. The van der Waals surface area contributed by atoms with Crippen molar-refractivity contribution in [3.8, 4) is 17.4 Å². The Kier molecular flexibility index (Phi) is 6.42. The fraction of sp³-hybridized carbons (Fsp3) is 0.136. The van der Waals surface area contributed by atoms with E-state index in [-0.39, 0.29) is 11.4 Å². The second-order valence-corrected chi connectivity index (χ2v) is 6.04. The number of anilines is 1. The van der Waals surface area contributed by atoms with Gasteiger partial charge in [0.15, 0.2) is 6.10 Å². The molecule has 0 aliphatic carbocycles. The van der Waals surface area contributed by atoms with Crippen molar-refractivity contribution < 1.29 is 23.8 Å². The smallest absolute Gasteiger partial charge is 0.344 e. The highest BCUT2D eigenvalue weighted by atomic mass is 16.6. The van der Waals surface area contributed by atoms with Crippen LogP contribution >= 0.6 is 0 Å². The largest absolute Gasteiger partial charge is 0.497 e. The second kappa shape index (κ2) is 9.36. The molecule has 1 unspecified atom stereocenters. The molecule has 3 aromatic rings. The molecule has 1 amide bonds. The zero-order chi connectivity index (χ0) is 20.6. The summed E-state index contributed by atoms with van der Waals surface area (Å²) in [6, 6.07) is 18.9. The van der Waals surface area contributed by atoms with Gasteiger partial charge in [-0.05, 0) is 55.5 Å². The van der Waals surface area contributed by atoms with Gasteiger partial charge < -0.3 is 19.5 Å². The predicted molar refractivity (Wildman–Crippen MR) is 107 cm³/mol. The van der Waals surface area contributed by atoms with E-state index in [0.29, 0.717) is 17.2 Å². The molecule has 0 radical (unpaired) electrons. The van der Waals surface area contributed by atoms with Gasteiger partial charge in [-0.3, -0.25) is 4.79 Å². The molecule has 0 spiro atoms. The van der Waals surface area contributed by atoms with Gasteiger partial charge in [-0.1, -0.05) is 18.2 Å². The van der Waals surface area contributed by atoms with E-state index < -0.39 is 18.0 Å². The number of ether oxygens (including phenoxy) is 3. The molecule has 148 valence electrons. The van der Waals surface area contributed by atoms with Crippen LogP contribution in [0.2, 0.25) is 0 Å². The van der Waals surface area contributed by atoms with Gasteiger partial charge in [0.2, 0.25) is 5.88 Å². The van der Waals surface area contributed by atoms with Crippen LogP contribution in [-0.4, -0.2) is 30.1 Å². The van der Waals surface area contributed by atoms with Crippen LogP contribution in [0.25, 0.3) is 0 Å². The van der Waals surface area contributed by atoms with Crippen molar-refractivity contribution in [2.75, 3.05) is 12.4 Å². The van der Waals surface area contributed by atoms with E-state index in [1.54, 1.807) is 49.6 Å². The molecule has 29 heavy (non-hydrogen) atoms. The van der Waals surface area contributed by atoms with Crippen molar-refractivity contribution in [2.24, 2.45) is 0 Å². The summed E-state index contributed by atoms with van der Waals surface area (Å²) in [4.78, 5) is 29.0. The SMILES string of the molecule is COc1ccc(NC(=O)C(C)OC(=O)c2cccnc2Oc2ccccc2)cc1. The number of hydrogen-bond donors (Lipinski definition) is 1. The van der Waals surface area contributed by atoms with E-state index in [2.05, 4.69) is 10.3 Å². The number of methoxy groups -OCH3 is 1. The van der Waals surface area contributed by atoms with Crippen molar-refractivity contribution in [3.05, 3.63) is 78.5 Å². The van der Waals surface area contributed by atoms with Crippen LogP contribution in [0.5, 0.6) is 17.4 Å². The van der Waals surface area contributed by atoms with Crippen molar-refractivity contribution in [1.82, 2.24) is 4.98 Å². The third-order valence-electron chi connectivity index (χ3n) is 3.96. The Morgan fingerprint density at radius 2 is 1.66 bits per heavy atom. The minimum atomic E-state index is -1.02. The van der Waals surface area contributed by atoms with Gasteiger partial charge in [0.1, 0.15) is 17.1 Å². The highest BCUT2D eigenvalue weighted by Crippen LogP contribution is 2.23. The highest BCUT2D eigenvalue weighted by molar-refractivity contribution is 5.98. The van der Waals surface area contributed by atoms with Gasteiger partial charge in [-0.25, -0.2) is 9.78 Å². The topological polar surface area (TPSA) is 86.8 Å². The van der Waals surface area contributed by atoms with E-state index in [1.807, 2.05) is 18.2 Å². The van der Waals surface area contributed by atoms with Crippen molar-refractivity contribution in [3.63, 3.8) is 0 Å². The molecule has 1 N–H and O–H groups in total. The zero-order valence-corrected chi connectivity index (χ0v) is 16.0. The first-order valence-corrected chi connectivity index (χ1v) is 8.90. The molecule has 0 bridgehead atoms. The lowest BCUT2D eigenvalue weighted by atomic mass is 10.2. The fourth-order valence-corrected chi connectivity index (χ4v) is 2.42. The number of carbonyl (C=O) groups is 2. The monoisotopic (exact) mass is 392 g/mol. The van der Waals surface area contributed by atoms with Crippen molar-refractivity contribution in [2.45, 2.75) is 13.0 Å². The quantitative estimate of drug-likeness (QED) is 0.610. The summed E-state index contributed by atoms with van der Waals surface area (Å²) in [6.07, 6.45) is 0.490. The van der Waals surface area contributed by atoms with Gasteiger partial charge in [0.25, 0.3) is 5.91 Å². The molecule has 7 nitrogen and oxygen atoms in total. The molecule has 3 rings (SSSR count). The van der Waals surface area contributed by atoms with Crippen LogP contribution in [-0.2, 0) is 9.53 Å². The number of pyridine rings is 1. The Bertz CT molecular complexity index is 974. The molecule has 7 heteroatoms. The molecular formula is C22H20N2O5. The van der Waals surface area contributed by atoms with Gasteiger partial charge in [0, 0.05) is 11.9 Å². The number of nitrogens with zero attached hydrogens (tertiary/aromatic N) is 1. The maximum absolute atomic E-state index is 12.6. The Hall–Kier alpha value is -3.87. The van der Waals surface area contributed by atoms with E-state index in [9.17, 15) is 9.59 Å². The molecule has 0 saturated carbocycles. The molecule has 0 fully saturated rings. The average molecular weight is 392 g/mol. The normalized spacial score (nSPS) is 11.2. The summed E-state index contributed by atoms with van der Waals surface area (Å²) in [5.41, 5.74) is 0.689. The number of benzene rings is 2. The molecule has 1 heterocycles. The van der Waals surface area contributed by atoms with Crippen molar-refractivity contribution >= 4 is 17.6 Å². The average Bonchev–Trinajstić information content (AvgIpc) is 2.75. The van der Waals surface area contributed by atoms with E-state index in [1.165, 1.54) is 19.2 Å². The minimum Gasteiger partial charge on any atom is -0.497 e. The van der Waals surface area contributed by atoms with Crippen LogP contribution in [0.15, 0.2) is 72.9 Å². The molecule has 1 atom stereocenters. The second-order valence-electron chi connectivity index (χ2n) is 6.04. The summed E-state index contributed by atoms with van der Waals surface area (Å²) in [5, 5.41) is 2.69. The lowest BCUT2D eigenvalue weighted by molar-refractivity contribution is -0.123. The molecular weight excluding hydrogens is 372 g/mol. The first kappa shape index (κ1) is 19.9. The van der Waals surface area contributed by atoms with Crippen LogP contribution < -0.4 is 14.8 Å². The molecule has 2 aromatic carbocycles. The number of para-hydroxylation sites is 1. The number of esters is 1. The van der Waals surface area contributed by atoms with Gasteiger partial charge in [-0.2, -0.15) is 0 Å². The van der Waals surface area contributed by atoms with Crippen molar-refractivity contribution in [1.29, 1.82) is 0 Å². The molecule has 0 saturated heterocycles. The summed E-state index contributed by atoms with van der Waals surface area (Å²) < 4.78 is 16.0. The number of nitrogens with one attached hydrogen (secondary N) is 1. The molecule has 1 aromatic heterocycles. The number of carbonyl (C=O) groups excluding carboxylic acids is 2. The maximum Gasteiger partial charge on any atom is 0.344 e. The zero-order valence-electron chi connectivity index (χ0n) is 16.0. The van der Waals surface area contributed by atoms with E-state index >= 15 is 0 Å². The maximum atomic E-state index is 12.6. The van der Waals surface area contributed by atoms with Gasteiger partial charge in [-0.15, -0.1) is 0 Å². The third-order valence-corrected chi connectivity index (χ3v) is 3.96. The Morgan fingerprint density at radius 1 is 0.931 bits per heavy atom. The number of rotatable bonds is 7. The standard InChI is InChI=1S/C22H20N2O5/c1-15(20(25)24-16-10-12-17(27-2)13-11-16)28-22(26)19-9-6-14-23-21(19)29-18-7-4-3-5-8-18/h3-15H,1-2H3,(H,24,25). The Morgan fingerprint density at radius 3 is 2.34 bits per heavy atom. The minimum absolute atomic E-state index is 0.103. The molecule has 0 aliphatic heterocycles. The Labute approximate surface area is 168 Å². The van der Waals surface area contributed by atoms with Crippen LogP contribution in [0.4, 0.5) is 5.69 Å². The summed E-state index contributed by atoms with van der Waals surface area (Å²) in [7, 11) is 1.56.